The molecule has 98 valence electrons. The minimum atomic E-state index is 0. The van der Waals surface area contributed by atoms with Crippen LogP contribution in [-0.2, 0) is 6.54 Å². The van der Waals surface area contributed by atoms with Gasteiger partial charge >= 0.3 is 0 Å². The van der Waals surface area contributed by atoms with Crippen molar-refractivity contribution in [1.29, 1.82) is 5.41 Å². The molecule has 0 heterocycles. The number of nitrogens with one attached hydrogen (secondary N) is 3. The smallest absolute Gasteiger partial charge is 0.192 e. The number of hydrogen-bond acceptors (Lipinski definition) is 3. The molecule has 17 heavy (non-hydrogen) atoms. The molecule has 0 atom stereocenters. The van der Waals surface area contributed by atoms with Crippen molar-refractivity contribution in [2.45, 2.75) is 6.54 Å². The molecule has 7 heteroatoms. The maximum atomic E-state index is 7.42. The Kier molecular flexibility index (Phi) is 9.55. The highest BCUT2D eigenvalue weighted by Gasteiger charge is 2.03. The average molecular weight is 281 g/mol. The maximum Gasteiger partial charge on any atom is 0.192 e. The molecule has 5 N–H and O–H groups in total. The van der Waals surface area contributed by atoms with Crippen molar-refractivity contribution in [1.82, 2.24) is 5.32 Å². The van der Waals surface area contributed by atoms with Crippen LogP contribution in [0.4, 0.5) is 5.69 Å². The van der Waals surface area contributed by atoms with Crippen LogP contribution in [-0.4, -0.2) is 20.1 Å². The molecule has 5 nitrogen and oxygen atoms in total. The quantitative estimate of drug-likeness (QED) is 0.500. The lowest BCUT2D eigenvalue weighted by molar-refractivity contribution is 0.410. The predicted octanol–water partition coefficient (Wildman–Crippen LogP) is 1.56. The number of hydrogen-bond donors (Lipinski definition) is 4. The van der Waals surface area contributed by atoms with Gasteiger partial charge in [-0.15, -0.1) is 24.8 Å². The van der Waals surface area contributed by atoms with Gasteiger partial charge in [-0.2, -0.15) is 0 Å². The largest absolute Gasteiger partial charge is 0.496 e. The Balaban J connectivity index is 0. The fourth-order valence-electron chi connectivity index (χ4n) is 1.22. The molecular formula is C10H18Cl2N4O. The summed E-state index contributed by atoms with van der Waals surface area (Å²) < 4.78 is 5.15. The molecule has 0 unspecified atom stereocenters. The van der Waals surface area contributed by atoms with Gasteiger partial charge in [0.05, 0.1) is 7.11 Å². The van der Waals surface area contributed by atoms with Gasteiger partial charge in [0.1, 0.15) is 5.75 Å². The van der Waals surface area contributed by atoms with Crippen LogP contribution < -0.4 is 21.1 Å². The van der Waals surface area contributed by atoms with E-state index < -0.39 is 0 Å². The van der Waals surface area contributed by atoms with E-state index >= 15 is 0 Å². The molecular weight excluding hydrogens is 263 g/mol. The normalized spacial score (nSPS) is 8.41. The lowest BCUT2D eigenvalue weighted by atomic mass is 10.2. The molecule has 0 aliphatic heterocycles. The summed E-state index contributed by atoms with van der Waals surface area (Å²) in [6.45, 7) is 0.408. The monoisotopic (exact) mass is 280 g/mol. The molecule has 0 aliphatic rings. The first-order valence-electron chi connectivity index (χ1n) is 4.61. The van der Waals surface area contributed by atoms with E-state index in [0.717, 1.165) is 17.0 Å². The second kappa shape index (κ2) is 8.92. The predicted molar refractivity (Wildman–Crippen MR) is 75.8 cm³/mol. The number of nitrogens with two attached hydrogens (primary N) is 1. The van der Waals surface area contributed by atoms with Crippen LogP contribution in [0.25, 0.3) is 0 Å². The maximum absolute atomic E-state index is 7.42. The number of guanidine groups is 1. The zero-order chi connectivity index (χ0) is 11.3. The van der Waals surface area contributed by atoms with Crippen molar-refractivity contribution in [2.24, 2.45) is 5.73 Å². The summed E-state index contributed by atoms with van der Waals surface area (Å²) >= 11 is 0. The third-order valence-corrected chi connectivity index (χ3v) is 2.02. The van der Waals surface area contributed by atoms with Crippen molar-refractivity contribution in [3.8, 4) is 5.75 Å². The van der Waals surface area contributed by atoms with Gasteiger partial charge in [0, 0.05) is 24.8 Å². The molecule has 0 aromatic heterocycles. The molecule has 0 spiro atoms. The lowest BCUT2D eigenvalue weighted by Gasteiger charge is -2.11. The third kappa shape index (κ3) is 5.12. The third-order valence-electron chi connectivity index (χ3n) is 2.02. The topological polar surface area (TPSA) is 83.2 Å². The summed E-state index contributed by atoms with van der Waals surface area (Å²) in [5, 5.41) is 13.0. The van der Waals surface area contributed by atoms with Gasteiger partial charge in [-0.3, -0.25) is 5.41 Å². The average Bonchev–Trinajstić information content (AvgIpc) is 2.28. The van der Waals surface area contributed by atoms with Crippen molar-refractivity contribution >= 4 is 36.5 Å². The SMILES string of the molecule is CNC(=N)Nc1ccc(OC)c(CN)c1.Cl.Cl. The fourth-order valence-corrected chi connectivity index (χ4v) is 1.22. The Hall–Kier alpha value is -1.17. The van der Waals surface area contributed by atoms with Crippen LogP contribution in [0.1, 0.15) is 5.56 Å². The highest BCUT2D eigenvalue weighted by molar-refractivity contribution is 5.91. The second-order valence-electron chi connectivity index (χ2n) is 2.98. The van der Waals surface area contributed by atoms with Crippen LogP contribution in [0.15, 0.2) is 18.2 Å². The van der Waals surface area contributed by atoms with Crippen LogP contribution in [0.5, 0.6) is 5.75 Å². The van der Waals surface area contributed by atoms with E-state index in [4.69, 9.17) is 15.9 Å². The second-order valence-corrected chi connectivity index (χ2v) is 2.98. The standard InChI is InChI=1S/C10H16N4O.2ClH/c1-13-10(12)14-8-3-4-9(15-2)7(5-8)6-11;;/h3-5H,6,11H2,1-2H3,(H3,12,13,14);2*1H. The first-order valence-corrected chi connectivity index (χ1v) is 4.61. The number of benzene rings is 1. The molecule has 1 rings (SSSR count). The van der Waals surface area contributed by atoms with E-state index in [0.29, 0.717) is 6.54 Å². The summed E-state index contributed by atoms with van der Waals surface area (Å²) in [4.78, 5) is 0. The van der Waals surface area contributed by atoms with Crippen LogP contribution in [0.2, 0.25) is 0 Å². The molecule has 0 amide bonds. The Morgan fingerprint density at radius 1 is 1.41 bits per heavy atom. The molecule has 0 bridgehead atoms. The molecule has 0 aliphatic carbocycles. The highest BCUT2D eigenvalue weighted by atomic mass is 35.5. The minimum absolute atomic E-state index is 0. The van der Waals surface area contributed by atoms with Gasteiger partial charge in [-0.25, -0.2) is 0 Å². The van der Waals surface area contributed by atoms with E-state index in [-0.39, 0.29) is 30.8 Å². The molecule has 0 fully saturated rings. The van der Waals surface area contributed by atoms with Crippen LogP contribution >= 0.6 is 24.8 Å². The van der Waals surface area contributed by atoms with Gasteiger partial charge in [0.15, 0.2) is 5.96 Å². The van der Waals surface area contributed by atoms with Crippen molar-refractivity contribution in [3.63, 3.8) is 0 Å². The number of methoxy groups -OCH3 is 1. The van der Waals surface area contributed by atoms with Crippen LogP contribution in [0, 0.1) is 5.41 Å². The molecule has 0 saturated carbocycles. The molecule has 1 aromatic carbocycles. The zero-order valence-electron chi connectivity index (χ0n) is 9.74. The lowest BCUT2D eigenvalue weighted by Crippen LogP contribution is -2.25. The zero-order valence-corrected chi connectivity index (χ0v) is 11.4. The highest BCUT2D eigenvalue weighted by Crippen LogP contribution is 2.21. The summed E-state index contributed by atoms with van der Waals surface area (Å²) in [6.07, 6.45) is 0. The molecule has 1 aromatic rings. The van der Waals surface area contributed by atoms with Gasteiger partial charge in [-0.1, -0.05) is 0 Å². The van der Waals surface area contributed by atoms with Crippen molar-refractivity contribution in [2.75, 3.05) is 19.5 Å². The first-order chi connectivity index (χ1) is 7.21. The summed E-state index contributed by atoms with van der Waals surface area (Å²) in [7, 11) is 3.29. The number of rotatable bonds is 3. The Morgan fingerprint density at radius 2 is 2.06 bits per heavy atom. The van der Waals surface area contributed by atoms with Gasteiger partial charge in [0.2, 0.25) is 0 Å². The van der Waals surface area contributed by atoms with Gasteiger partial charge in [-0.05, 0) is 18.2 Å². The van der Waals surface area contributed by atoms with E-state index in [2.05, 4.69) is 10.6 Å². The summed E-state index contributed by atoms with van der Waals surface area (Å²) in [6, 6.07) is 5.53. The minimum Gasteiger partial charge on any atom is -0.496 e. The Bertz CT molecular complexity index is 360. The Morgan fingerprint density at radius 3 is 2.53 bits per heavy atom. The van der Waals surface area contributed by atoms with Gasteiger partial charge < -0.3 is 21.1 Å². The van der Waals surface area contributed by atoms with E-state index in [1.807, 2.05) is 18.2 Å². The Labute approximate surface area is 113 Å². The van der Waals surface area contributed by atoms with Crippen molar-refractivity contribution < 1.29 is 4.74 Å². The fraction of sp³-hybridized carbons (Fsp3) is 0.300. The summed E-state index contributed by atoms with van der Waals surface area (Å²) in [5.41, 5.74) is 7.31. The van der Waals surface area contributed by atoms with E-state index in [1.54, 1.807) is 14.2 Å². The van der Waals surface area contributed by atoms with Gasteiger partial charge in [0.25, 0.3) is 0 Å². The van der Waals surface area contributed by atoms with E-state index in [9.17, 15) is 0 Å². The molecule has 0 saturated heterocycles. The number of halogens is 2. The van der Waals surface area contributed by atoms with E-state index in [1.165, 1.54) is 0 Å². The van der Waals surface area contributed by atoms with Crippen LogP contribution in [0.3, 0.4) is 0 Å². The number of ether oxygens (including phenoxy) is 1. The first kappa shape index (κ1) is 18.2. The van der Waals surface area contributed by atoms with Crippen molar-refractivity contribution in [3.05, 3.63) is 23.8 Å². The molecule has 0 radical (unpaired) electrons. The summed E-state index contributed by atoms with van der Waals surface area (Å²) in [5.74, 6) is 1.00. The number of anilines is 1.